The summed E-state index contributed by atoms with van der Waals surface area (Å²) in [5.74, 6) is 0.154. The molecule has 1 atom stereocenters. The molecule has 0 saturated carbocycles. The van der Waals surface area contributed by atoms with Gasteiger partial charge in [-0.1, -0.05) is 24.3 Å². The molecule has 1 fully saturated rings. The van der Waals surface area contributed by atoms with Crippen molar-refractivity contribution >= 4 is 16.8 Å². The number of nitrogens with zero attached hydrogens (tertiary/aromatic N) is 4. The van der Waals surface area contributed by atoms with Crippen molar-refractivity contribution in [2.75, 3.05) is 26.7 Å². The van der Waals surface area contributed by atoms with E-state index in [9.17, 15) is 4.79 Å². The van der Waals surface area contributed by atoms with Crippen molar-refractivity contribution in [1.29, 1.82) is 0 Å². The molecule has 3 aromatic rings. The average Bonchev–Trinajstić information content (AvgIpc) is 3.37. The van der Waals surface area contributed by atoms with Crippen molar-refractivity contribution in [2.45, 2.75) is 25.4 Å². The number of likely N-dealkylation sites (tertiary alicyclic amines) is 1. The van der Waals surface area contributed by atoms with Crippen molar-refractivity contribution in [2.24, 2.45) is 0 Å². The molecule has 1 amide bonds. The Kier molecular flexibility index (Phi) is 5.21. The highest BCUT2D eigenvalue weighted by atomic mass is 16.2. The maximum atomic E-state index is 13.3. The minimum Gasteiger partial charge on any atom is -0.346 e. The minimum atomic E-state index is -0.229. The third-order valence-electron chi connectivity index (χ3n) is 5.47. The van der Waals surface area contributed by atoms with Crippen molar-refractivity contribution in [3.8, 4) is 0 Å². The predicted octanol–water partition coefficient (Wildman–Crippen LogP) is 3.33. The number of carbonyl (C=O) groups excluding carboxylic acids is 1. The minimum absolute atomic E-state index is 0.154. The number of para-hydroxylation sites is 1. The Morgan fingerprint density at radius 1 is 1.15 bits per heavy atom. The van der Waals surface area contributed by atoms with E-state index in [0.717, 1.165) is 38.0 Å². The van der Waals surface area contributed by atoms with E-state index in [4.69, 9.17) is 0 Å². The van der Waals surface area contributed by atoms with Gasteiger partial charge in [-0.05, 0) is 55.1 Å². The summed E-state index contributed by atoms with van der Waals surface area (Å²) in [6.07, 6.45) is 8.00. The van der Waals surface area contributed by atoms with E-state index < -0.39 is 0 Å². The molecule has 0 unspecified atom stereocenters. The Hall–Kier alpha value is -2.66. The third kappa shape index (κ3) is 3.74. The molecule has 5 heteroatoms. The lowest BCUT2D eigenvalue weighted by Gasteiger charge is -2.30. The van der Waals surface area contributed by atoms with Gasteiger partial charge in [-0.2, -0.15) is 0 Å². The van der Waals surface area contributed by atoms with E-state index in [0.29, 0.717) is 6.54 Å². The topological polar surface area (TPSA) is 41.4 Å². The van der Waals surface area contributed by atoms with Crippen LogP contribution in [0.1, 0.15) is 24.4 Å². The SMILES string of the molecule is CN(CCn1ccc2ccccc21)C(=O)[C@H](c1cccnc1)N1CCCC1. The molecule has 0 spiro atoms. The molecule has 0 bridgehead atoms. The van der Waals surface area contributed by atoms with Gasteiger partial charge < -0.3 is 9.47 Å². The van der Waals surface area contributed by atoms with Crippen LogP contribution in [-0.2, 0) is 11.3 Å². The van der Waals surface area contributed by atoms with E-state index in [1.165, 1.54) is 10.9 Å². The Balaban J connectivity index is 1.49. The highest BCUT2D eigenvalue weighted by molar-refractivity contribution is 5.83. The van der Waals surface area contributed by atoms with Gasteiger partial charge in [-0.3, -0.25) is 14.7 Å². The Morgan fingerprint density at radius 3 is 2.74 bits per heavy atom. The number of hydrogen-bond donors (Lipinski definition) is 0. The van der Waals surface area contributed by atoms with Crippen molar-refractivity contribution in [3.05, 3.63) is 66.6 Å². The summed E-state index contributed by atoms with van der Waals surface area (Å²) in [6, 6.07) is 14.2. The molecule has 0 N–H and O–H groups in total. The van der Waals surface area contributed by atoms with Crippen molar-refractivity contribution in [3.63, 3.8) is 0 Å². The number of pyridine rings is 1. The standard InChI is InChI=1S/C22H26N4O/c1-24(15-16-25-14-10-18-7-2-3-9-20(18)25)22(27)21(26-12-4-5-13-26)19-8-6-11-23-17-19/h2-3,6-11,14,17,21H,4-5,12-13,15-16H2,1H3/t21-/m0/s1. The first-order valence-electron chi connectivity index (χ1n) is 9.67. The van der Waals surface area contributed by atoms with E-state index in [2.05, 4.69) is 51.0 Å². The number of likely N-dealkylation sites (N-methyl/N-ethyl adjacent to an activating group) is 1. The zero-order valence-electron chi connectivity index (χ0n) is 15.8. The first-order valence-corrected chi connectivity index (χ1v) is 9.67. The quantitative estimate of drug-likeness (QED) is 0.675. The first-order chi connectivity index (χ1) is 13.2. The Labute approximate surface area is 160 Å². The second kappa shape index (κ2) is 7.92. The average molecular weight is 362 g/mol. The van der Waals surface area contributed by atoms with E-state index in [1.54, 1.807) is 6.20 Å². The van der Waals surface area contributed by atoms with Crippen LogP contribution in [0.25, 0.3) is 10.9 Å². The molecular weight excluding hydrogens is 336 g/mol. The molecule has 5 nitrogen and oxygen atoms in total. The van der Waals surface area contributed by atoms with Gasteiger partial charge in [0.1, 0.15) is 6.04 Å². The summed E-state index contributed by atoms with van der Waals surface area (Å²) in [5.41, 5.74) is 2.20. The summed E-state index contributed by atoms with van der Waals surface area (Å²) in [6.45, 7) is 3.42. The molecule has 2 aromatic heterocycles. The number of fused-ring (bicyclic) bond motifs is 1. The normalized spacial score (nSPS) is 15.9. The lowest BCUT2D eigenvalue weighted by atomic mass is 10.1. The van der Waals surface area contributed by atoms with Crippen molar-refractivity contribution in [1.82, 2.24) is 19.4 Å². The zero-order valence-corrected chi connectivity index (χ0v) is 15.8. The number of hydrogen-bond acceptors (Lipinski definition) is 3. The van der Waals surface area contributed by atoms with Gasteiger partial charge in [0.15, 0.2) is 0 Å². The first kappa shape index (κ1) is 17.7. The molecule has 1 saturated heterocycles. The van der Waals surface area contributed by atoms with Gasteiger partial charge in [0.05, 0.1) is 0 Å². The lowest BCUT2D eigenvalue weighted by molar-refractivity contribution is -0.135. The number of rotatable bonds is 6. The fraction of sp³-hybridized carbons (Fsp3) is 0.364. The van der Waals surface area contributed by atoms with Crippen LogP contribution >= 0.6 is 0 Å². The molecule has 1 aliphatic rings. The predicted molar refractivity (Wildman–Crippen MR) is 107 cm³/mol. The summed E-state index contributed by atoms with van der Waals surface area (Å²) >= 11 is 0. The highest BCUT2D eigenvalue weighted by Crippen LogP contribution is 2.26. The van der Waals surface area contributed by atoms with Gasteiger partial charge in [0.25, 0.3) is 0 Å². The van der Waals surface area contributed by atoms with E-state index in [1.807, 2.05) is 30.3 Å². The monoisotopic (exact) mass is 362 g/mol. The van der Waals surface area contributed by atoms with Crippen LogP contribution in [0.3, 0.4) is 0 Å². The van der Waals surface area contributed by atoms with Crippen LogP contribution in [0.5, 0.6) is 0 Å². The fourth-order valence-corrected chi connectivity index (χ4v) is 3.96. The maximum absolute atomic E-state index is 13.3. The van der Waals surface area contributed by atoms with Crippen LogP contribution in [0.15, 0.2) is 61.1 Å². The second-order valence-corrected chi connectivity index (χ2v) is 7.26. The summed E-state index contributed by atoms with van der Waals surface area (Å²) in [5, 5.41) is 1.23. The largest absolute Gasteiger partial charge is 0.346 e. The number of benzene rings is 1. The highest BCUT2D eigenvalue weighted by Gasteiger charge is 2.31. The van der Waals surface area contributed by atoms with Crippen LogP contribution in [0.2, 0.25) is 0 Å². The molecule has 27 heavy (non-hydrogen) atoms. The van der Waals surface area contributed by atoms with E-state index >= 15 is 0 Å². The van der Waals surface area contributed by atoms with Crippen LogP contribution in [0.4, 0.5) is 0 Å². The fourth-order valence-electron chi connectivity index (χ4n) is 3.96. The van der Waals surface area contributed by atoms with Crippen molar-refractivity contribution < 1.29 is 4.79 Å². The molecule has 0 radical (unpaired) electrons. The molecule has 0 aliphatic carbocycles. The van der Waals surface area contributed by atoms with Gasteiger partial charge in [0, 0.05) is 44.2 Å². The van der Waals surface area contributed by atoms with Crippen LogP contribution in [0, 0.1) is 0 Å². The molecule has 140 valence electrons. The van der Waals surface area contributed by atoms with Gasteiger partial charge in [-0.15, -0.1) is 0 Å². The Morgan fingerprint density at radius 2 is 1.96 bits per heavy atom. The lowest BCUT2D eigenvalue weighted by Crippen LogP contribution is -2.41. The van der Waals surface area contributed by atoms with Gasteiger partial charge >= 0.3 is 0 Å². The Bertz CT molecular complexity index is 899. The third-order valence-corrected chi connectivity index (χ3v) is 5.47. The molecule has 1 aromatic carbocycles. The molecule has 1 aliphatic heterocycles. The smallest absolute Gasteiger partial charge is 0.244 e. The van der Waals surface area contributed by atoms with Gasteiger partial charge in [-0.25, -0.2) is 0 Å². The number of amides is 1. The zero-order chi connectivity index (χ0) is 18.6. The molecule has 4 rings (SSSR count). The molecular formula is C22H26N4O. The molecule has 3 heterocycles. The van der Waals surface area contributed by atoms with E-state index in [-0.39, 0.29) is 11.9 Å². The van der Waals surface area contributed by atoms with Crippen LogP contribution < -0.4 is 0 Å². The summed E-state index contributed by atoms with van der Waals surface area (Å²) in [7, 11) is 1.91. The van der Waals surface area contributed by atoms with Crippen LogP contribution in [-0.4, -0.2) is 51.9 Å². The van der Waals surface area contributed by atoms with Gasteiger partial charge in [0.2, 0.25) is 5.91 Å². The maximum Gasteiger partial charge on any atom is 0.244 e. The number of aromatic nitrogens is 2. The number of carbonyl (C=O) groups is 1. The summed E-state index contributed by atoms with van der Waals surface area (Å²) in [4.78, 5) is 21.7. The summed E-state index contributed by atoms with van der Waals surface area (Å²) < 4.78 is 2.22. The second-order valence-electron chi connectivity index (χ2n) is 7.26.